The molecule has 14 heavy (non-hydrogen) atoms. The van der Waals surface area contributed by atoms with Gasteiger partial charge < -0.3 is 9.64 Å². The SMILES string of the molecule is C[C@@H]1CC[C@H]([NH+]2C[C@@H](C)O[C@@H](C)C2)C1. The van der Waals surface area contributed by atoms with Crippen molar-refractivity contribution >= 4 is 0 Å². The van der Waals surface area contributed by atoms with E-state index in [-0.39, 0.29) is 0 Å². The van der Waals surface area contributed by atoms with E-state index in [0.717, 1.165) is 12.0 Å². The van der Waals surface area contributed by atoms with Crippen molar-refractivity contribution in [3.63, 3.8) is 0 Å². The molecule has 2 heteroatoms. The second-order valence-corrected chi connectivity index (χ2v) is 5.44. The molecule has 2 rings (SSSR count). The van der Waals surface area contributed by atoms with E-state index in [1.165, 1.54) is 32.4 Å². The third-order valence-corrected chi connectivity index (χ3v) is 3.84. The molecule has 1 saturated heterocycles. The van der Waals surface area contributed by atoms with Gasteiger partial charge >= 0.3 is 0 Å². The summed E-state index contributed by atoms with van der Waals surface area (Å²) in [5, 5.41) is 0. The Morgan fingerprint density at radius 1 is 1.00 bits per heavy atom. The first kappa shape index (κ1) is 10.4. The van der Waals surface area contributed by atoms with Gasteiger partial charge in [-0.2, -0.15) is 0 Å². The zero-order valence-electron chi connectivity index (χ0n) is 9.75. The highest BCUT2D eigenvalue weighted by Gasteiger charge is 2.35. The van der Waals surface area contributed by atoms with Gasteiger partial charge in [0.05, 0.1) is 6.04 Å². The molecule has 0 spiro atoms. The second kappa shape index (κ2) is 4.19. The molecule has 0 aromatic heterocycles. The van der Waals surface area contributed by atoms with Gasteiger partial charge in [-0.1, -0.05) is 6.92 Å². The molecule has 1 unspecified atom stereocenters. The molecule has 1 heterocycles. The highest BCUT2D eigenvalue weighted by atomic mass is 16.5. The fourth-order valence-electron chi connectivity index (χ4n) is 3.23. The quantitative estimate of drug-likeness (QED) is 0.660. The first-order valence-corrected chi connectivity index (χ1v) is 6.15. The Kier molecular flexibility index (Phi) is 3.13. The van der Waals surface area contributed by atoms with Crippen molar-refractivity contribution < 1.29 is 9.64 Å². The van der Waals surface area contributed by atoms with Crippen LogP contribution in [0.4, 0.5) is 0 Å². The average Bonchev–Trinajstić information content (AvgIpc) is 2.50. The number of hydrogen-bond donors (Lipinski definition) is 1. The molecule has 5 atom stereocenters. The third-order valence-electron chi connectivity index (χ3n) is 3.84. The number of rotatable bonds is 1. The Morgan fingerprint density at radius 2 is 1.64 bits per heavy atom. The van der Waals surface area contributed by atoms with Crippen LogP contribution in [0.15, 0.2) is 0 Å². The van der Waals surface area contributed by atoms with Crippen LogP contribution in [0.2, 0.25) is 0 Å². The fourth-order valence-corrected chi connectivity index (χ4v) is 3.23. The van der Waals surface area contributed by atoms with Crippen LogP contribution in [-0.4, -0.2) is 31.3 Å². The first-order chi connectivity index (χ1) is 6.65. The average molecular weight is 198 g/mol. The zero-order valence-corrected chi connectivity index (χ0v) is 9.75. The van der Waals surface area contributed by atoms with Gasteiger partial charge in [-0.3, -0.25) is 0 Å². The lowest BCUT2D eigenvalue weighted by Crippen LogP contribution is -3.18. The van der Waals surface area contributed by atoms with Gasteiger partial charge in [0.15, 0.2) is 0 Å². The molecule has 2 aliphatic rings. The smallest absolute Gasteiger partial charge is 0.104 e. The molecule has 1 aliphatic carbocycles. The normalized spacial score (nSPS) is 49.5. The van der Waals surface area contributed by atoms with Crippen molar-refractivity contribution in [3.8, 4) is 0 Å². The van der Waals surface area contributed by atoms with Crippen molar-refractivity contribution in [3.05, 3.63) is 0 Å². The molecule has 1 saturated carbocycles. The maximum Gasteiger partial charge on any atom is 0.104 e. The van der Waals surface area contributed by atoms with E-state index < -0.39 is 0 Å². The highest BCUT2D eigenvalue weighted by molar-refractivity contribution is 4.73. The summed E-state index contributed by atoms with van der Waals surface area (Å²) in [4.78, 5) is 1.81. The summed E-state index contributed by atoms with van der Waals surface area (Å²) in [7, 11) is 0. The Morgan fingerprint density at radius 3 is 2.14 bits per heavy atom. The molecule has 0 amide bonds. The molecule has 2 fully saturated rings. The fraction of sp³-hybridized carbons (Fsp3) is 1.00. The summed E-state index contributed by atoms with van der Waals surface area (Å²) < 4.78 is 5.78. The van der Waals surface area contributed by atoms with E-state index in [9.17, 15) is 0 Å². The Labute approximate surface area is 87.6 Å². The highest BCUT2D eigenvalue weighted by Crippen LogP contribution is 2.23. The van der Waals surface area contributed by atoms with Gasteiger partial charge in [-0.25, -0.2) is 0 Å². The van der Waals surface area contributed by atoms with Crippen molar-refractivity contribution in [2.75, 3.05) is 13.1 Å². The Hall–Kier alpha value is -0.0800. The lowest BCUT2D eigenvalue weighted by molar-refractivity contribution is -0.938. The van der Waals surface area contributed by atoms with E-state index in [2.05, 4.69) is 20.8 Å². The minimum atomic E-state index is 0.463. The first-order valence-electron chi connectivity index (χ1n) is 6.15. The van der Waals surface area contributed by atoms with E-state index in [4.69, 9.17) is 4.74 Å². The largest absolute Gasteiger partial charge is 0.364 e. The van der Waals surface area contributed by atoms with Gasteiger partial charge in [0, 0.05) is 6.42 Å². The lowest BCUT2D eigenvalue weighted by atomic mass is 10.1. The predicted molar refractivity (Wildman–Crippen MR) is 57.5 cm³/mol. The minimum Gasteiger partial charge on any atom is -0.364 e. The third kappa shape index (κ3) is 2.29. The van der Waals surface area contributed by atoms with Crippen LogP contribution in [0.1, 0.15) is 40.0 Å². The van der Waals surface area contributed by atoms with Gasteiger partial charge in [-0.15, -0.1) is 0 Å². The lowest BCUT2D eigenvalue weighted by Gasteiger charge is -2.36. The van der Waals surface area contributed by atoms with Crippen LogP contribution in [0.3, 0.4) is 0 Å². The van der Waals surface area contributed by atoms with Crippen LogP contribution in [0.5, 0.6) is 0 Å². The summed E-state index contributed by atoms with van der Waals surface area (Å²) in [5.74, 6) is 0.959. The van der Waals surface area contributed by atoms with E-state index in [1.54, 1.807) is 4.90 Å². The molecule has 1 aliphatic heterocycles. The molecular weight excluding hydrogens is 174 g/mol. The van der Waals surface area contributed by atoms with Crippen LogP contribution in [-0.2, 0) is 4.74 Å². The second-order valence-electron chi connectivity index (χ2n) is 5.44. The molecular formula is C12H24NO+. The topological polar surface area (TPSA) is 13.7 Å². The molecule has 0 aromatic rings. The number of hydrogen-bond acceptors (Lipinski definition) is 1. The van der Waals surface area contributed by atoms with Gasteiger partial charge in [0.1, 0.15) is 25.3 Å². The van der Waals surface area contributed by atoms with Crippen molar-refractivity contribution in [1.82, 2.24) is 0 Å². The standard InChI is InChI=1S/C12H23NO/c1-9-4-5-12(6-9)13-7-10(2)14-11(3)8-13/h9-12H,4-8H2,1-3H3/p+1/t9-,10-,11+,12+/m1/s1. The molecule has 82 valence electrons. The van der Waals surface area contributed by atoms with Gasteiger partial charge in [0.2, 0.25) is 0 Å². The summed E-state index contributed by atoms with van der Waals surface area (Å²) in [6.45, 7) is 9.28. The number of nitrogens with one attached hydrogen (secondary N) is 1. The Balaban J connectivity index is 1.90. The van der Waals surface area contributed by atoms with Crippen LogP contribution in [0.25, 0.3) is 0 Å². The minimum absolute atomic E-state index is 0.463. The summed E-state index contributed by atoms with van der Waals surface area (Å²) in [5.41, 5.74) is 0. The van der Waals surface area contributed by atoms with E-state index in [1.807, 2.05) is 0 Å². The number of ether oxygens (including phenoxy) is 1. The molecule has 0 bridgehead atoms. The van der Waals surface area contributed by atoms with Crippen LogP contribution >= 0.6 is 0 Å². The van der Waals surface area contributed by atoms with Crippen molar-refractivity contribution in [2.24, 2.45) is 5.92 Å². The van der Waals surface area contributed by atoms with Crippen LogP contribution in [0, 0.1) is 5.92 Å². The maximum absolute atomic E-state index is 5.78. The van der Waals surface area contributed by atoms with E-state index in [0.29, 0.717) is 12.2 Å². The summed E-state index contributed by atoms with van der Waals surface area (Å²) in [6.07, 6.45) is 5.25. The van der Waals surface area contributed by atoms with Crippen molar-refractivity contribution in [2.45, 2.75) is 58.3 Å². The molecule has 2 nitrogen and oxygen atoms in total. The summed E-state index contributed by atoms with van der Waals surface area (Å²) >= 11 is 0. The Bertz CT molecular complexity index is 185. The number of morpholine rings is 1. The van der Waals surface area contributed by atoms with Crippen LogP contribution < -0.4 is 4.90 Å². The molecule has 0 radical (unpaired) electrons. The monoisotopic (exact) mass is 198 g/mol. The van der Waals surface area contributed by atoms with Crippen molar-refractivity contribution in [1.29, 1.82) is 0 Å². The molecule has 1 N–H and O–H groups in total. The summed E-state index contributed by atoms with van der Waals surface area (Å²) in [6, 6.07) is 0.929. The van der Waals surface area contributed by atoms with Gasteiger partial charge in [-0.05, 0) is 32.6 Å². The predicted octanol–water partition coefficient (Wildman–Crippen LogP) is 0.867. The molecule has 0 aromatic carbocycles. The maximum atomic E-state index is 5.78. The van der Waals surface area contributed by atoms with Gasteiger partial charge in [0.25, 0.3) is 0 Å². The zero-order chi connectivity index (χ0) is 10.1. The number of quaternary nitrogens is 1. The van der Waals surface area contributed by atoms with E-state index >= 15 is 0 Å².